The Morgan fingerprint density at radius 3 is 3.29 bits per heavy atom. The summed E-state index contributed by atoms with van der Waals surface area (Å²) in [5.74, 6) is 0.969. The first-order valence-corrected chi connectivity index (χ1v) is 6.74. The second kappa shape index (κ2) is 6.81. The molecule has 2 heterocycles. The lowest BCUT2D eigenvalue weighted by Crippen LogP contribution is -2.47. The fourth-order valence-electron chi connectivity index (χ4n) is 2.21. The molecular weight excluding hydrogens is 216 g/mol. The SMILES string of the molecule is CCC1CN(CCNC2=NCCCN2)CCO1. The highest BCUT2D eigenvalue weighted by molar-refractivity contribution is 5.80. The van der Waals surface area contributed by atoms with Crippen LogP contribution in [-0.2, 0) is 4.74 Å². The van der Waals surface area contributed by atoms with Gasteiger partial charge in [0, 0.05) is 39.3 Å². The Balaban J connectivity index is 1.62. The Kier molecular flexibility index (Phi) is 5.07. The molecule has 5 nitrogen and oxygen atoms in total. The van der Waals surface area contributed by atoms with Crippen molar-refractivity contribution in [1.29, 1.82) is 0 Å². The highest BCUT2D eigenvalue weighted by Crippen LogP contribution is 2.07. The topological polar surface area (TPSA) is 48.9 Å². The quantitative estimate of drug-likeness (QED) is 0.728. The fourth-order valence-corrected chi connectivity index (χ4v) is 2.21. The maximum absolute atomic E-state index is 5.66. The van der Waals surface area contributed by atoms with Crippen molar-refractivity contribution in [3.05, 3.63) is 0 Å². The zero-order chi connectivity index (χ0) is 11.9. The summed E-state index contributed by atoms with van der Waals surface area (Å²) in [6.45, 7) is 9.20. The fraction of sp³-hybridized carbons (Fsp3) is 0.917. The van der Waals surface area contributed by atoms with Crippen LogP contribution in [0.1, 0.15) is 19.8 Å². The van der Waals surface area contributed by atoms with Crippen LogP contribution in [0.5, 0.6) is 0 Å². The molecule has 98 valence electrons. The summed E-state index contributed by atoms with van der Waals surface area (Å²) in [6, 6.07) is 0. The smallest absolute Gasteiger partial charge is 0.191 e. The summed E-state index contributed by atoms with van der Waals surface area (Å²) in [5.41, 5.74) is 0. The third-order valence-corrected chi connectivity index (χ3v) is 3.30. The molecule has 1 unspecified atom stereocenters. The molecule has 0 aromatic carbocycles. The zero-order valence-electron chi connectivity index (χ0n) is 10.7. The molecule has 2 rings (SSSR count). The average Bonchev–Trinajstić information content (AvgIpc) is 2.40. The number of nitrogens with one attached hydrogen (secondary N) is 2. The van der Waals surface area contributed by atoms with Gasteiger partial charge in [0.15, 0.2) is 5.96 Å². The van der Waals surface area contributed by atoms with Crippen LogP contribution in [0, 0.1) is 0 Å². The van der Waals surface area contributed by atoms with E-state index < -0.39 is 0 Å². The number of morpholine rings is 1. The lowest BCUT2D eigenvalue weighted by Gasteiger charge is -2.32. The number of nitrogens with zero attached hydrogens (tertiary/aromatic N) is 2. The molecule has 2 aliphatic rings. The van der Waals surface area contributed by atoms with Gasteiger partial charge in [-0.05, 0) is 12.8 Å². The molecule has 17 heavy (non-hydrogen) atoms. The minimum absolute atomic E-state index is 0.425. The molecule has 2 aliphatic heterocycles. The molecule has 0 amide bonds. The summed E-state index contributed by atoms with van der Waals surface area (Å²) in [4.78, 5) is 6.86. The van der Waals surface area contributed by atoms with Crippen LogP contribution in [0.2, 0.25) is 0 Å². The standard InChI is InChI=1S/C12H24N4O/c1-2-11-10-16(8-9-17-11)7-6-15-12-13-4-3-5-14-12/h11H,2-10H2,1H3,(H2,13,14,15). The molecule has 0 aromatic rings. The molecule has 1 atom stereocenters. The first kappa shape index (κ1) is 12.6. The van der Waals surface area contributed by atoms with Crippen LogP contribution in [0.25, 0.3) is 0 Å². The minimum atomic E-state index is 0.425. The number of guanidine groups is 1. The lowest BCUT2D eigenvalue weighted by molar-refractivity contribution is -0.0288. The average molecular weight is 240 g/mol. The van der Waals surface area contributed by atoms with E-state index in [2.05, 4.69) is 27.4 Å². The van der Waals surface area contributed by atoms with Crippen molar-refractivity contribution in [2.45, 2.75) is 25.9 Å². The van der Waals surface area contributed by atoms with E-state index in [1.807, 2.05) is 0 Å². The zero-order valence-corrected chi connectivity index (χ0v) is 10.7. The van der Waals surface area contributed by atoms with Crippen molar-refractivity contribution in [3.8, 4) is 0 Å². The number of rotatable bonds is 4. The molecule has 2 N–H and O–H groups in total. The van der Waals surface area contributed by atoms with Crippen molar-refractivity contribution in [1.82, 2.24) is 15.5 Å². The lowest BCUT2D eigenvalue weighted by atomic mass is 10.2. The van der Waals surface area contributed by atoms with E-state index in [0.29, 0.717) is 6.10 Å². The molecular formula is C12H24N4O. The molecule has 5 heteroatoms. The van der Waals surface area contributed by atoms with E-state index in [4.69, 9.17) is 4.74 Å². The second-order valence-corrected chi connectivity index (χ2v) is 4.64. The van der Waals surface area contributed by atoms with E-state index in [9.17, 15) is 0 Å². The highest BCUT2D eigenvalue weighted by atomic mass is 16.5. The van der Waals surface area contributed by atoms with Crippen molar-refractivity contribution in [2.75, 3.05) is 45.9 Å². The van der Waals surface area contributed by atoms with Gasteiger partial charge < -0.3 is 15.4 Å². The van der Waals surface area contributed by atoms with Gasteiger partial charge in [-0.2, -0.15) is 0 Å². The van der Waals surface area contributed by atoms with E-state index in [0.717, 1.165) is 64.7 Å². The van der Waals surface area contributed by atoms with Crippen molar-refractivity contribution >= 4 is 5.96 Å². The first-order valence-electron chi connectivity index (χ1n) is 6.74. The Bertz CT molecular complexity index is 257. The predicted molar refractivity (Wildman–Crippen MR) is 69.4 cm³/mol. The maximum Gasteiger partial charge on any atom is 0.191 e. The van der Waals surface area contributed by atoms with Crippen LogP contribution in [0.15, 0.2) is 4.99 Å². The van der Waals surface area contributed by atoms with Gasteiger partial charge in [-0.15, -0.1) is 0 Å². The Morgan fingerprint density at radius 1 is 1.59 bits per heavy atom. The van der Waals surface area contributed by atoms with Gasteiger partial charge in [-0.1, -0.05) is 6.92 Å². The molecule has 0 radical (unpaired) electrons. The number of ether oxygens (including phenoxy) is 1. The van der Waals surface area contributed by atoms with E-state index in [1.54, 1.807) is 0 Å². The van der Waals surface area contributed by atoms with Gasteiger partial charge >= 0.3 is 0 Å². The first-order chi connectivity index (χ1) is 8.38. The van der Waals surface area contributed by atoms with E-state index in [1.165, 1.54) is 0 Å². The molecule has 0 saturated carbocycles. The summed E-state index contributed by atoms with van der Waals surface area (Å²) < 4.78 is 5.66. The highest BCUT2D eigenvalue weighted by Gasteiger charge is 2.18. The molecule has 0 aromatic heterocycles. The minimum Gasteiger partial charge on any atom is -0.376 e. The largest absolute Gasteiger partial charge is 0.376 e. The van der Waals surface area contributed by atoms with Gasteiger partial charge in [0.05, 0.1) is 12.7 Å². The third kappa shape index (κ3) is 4.16. The second-order valence-electron chi connectivity index (χ2n) is 4.64. The van der Waals surface area contributed by atoms with Crippen LogP contribution in [-0.4, -0.2) is 62.8 Å². The monoisotopic (exact) mass is 240 g/mol. The molecule has 1 fully saturated rings. The van der Waals surface area contributed by atoms with Crippen LogP contribution in [0.3, 0.4) is 0 Å². The molecule has 0 bridgehead atoms. The normalized spacial score (nSPS) is 26.2. The van der Waals surface area contributed by atoms with Crippen LogP contribution < -0.4 is 10.6 Å². The third-order valence-electron chi connectivity index (χ3n) is 3.30. The van der Waals surface area contributed by atoms with Gasteiger partial charge in [0.2, 0.25) is 0 Å². The Morgan fingerprint density at radius 2 is 2.53 bits per heavy atom. The van der Waals surface area contributed by atoms with Crippen LogP contribution in [0.4, 0.5) is 0 Å². The summed E-state index contributed by atoms with van der Waals surface area (Å²) in [5, 5.41) is 6.63. The Hall–Kier alpha value is -0.810. The number of hydrogen-bond donors (Lipinski definition) is 2. The van der Waals surface area contributed by atoms with Crippen LogP contribution >= 0.6 is 0 Å². The van der Waals surface area contributed by atoms with E-state index >= 15 is 0 Å². The predicted octanol–water partition coefficient (Wildman–Crippen LogP) is 0.0361. The Labute approximate surface area is 104 Å². The van der Waals surface area contributed by atoms with Gasteiger partial charge in [-0.3, -0.25) is 9.89 Å². The van der Waals surface area contributed by atoms with Gasteiger partial charge in [0.1, 0.15) is 0 Å². The van der Waals surface area contributed by atoms with Gasteiger partial charge in [-0.25, -0.2) is 0 Å². The van der Waals surface area contributed by atoms with E-state index in [-0.39, 0.29) is 0 Å². The van der Waals surface area contributed by atoms with Gasteiger partial charge in [0.25, 0.3) is 0 Å². The number of hydrogen-bond acceptors (Lipinski definition) is 5. The molecule has 0 spiro atoms. The van der Waals surface area contributed by atoms with Crippen molar-refractivity contribution in [2.24, 2.45) is 4.99 Å². The maximum atomic E-state index is 5.66. The van der Waals surface area contributed by atoms with Crippen molar-refractivity contribution in [3.63, 3.8) is 0 Å². The van der Waals surface area contributed by atoms with Crippen molar-refractivity contribution < 1.29 is 4.74 Å². The summed E-state index contributed by atoms with van der Waals surface area (Å²) >= 11 is 0. The summed E-state index contributed by atoms with van der Waals surface area (Å²) in [6.07, 6.45) is 2.68. The molecule has 0 aliphatic carbocycles. The summed E-state index contributed by atoms with van der Waals surface area (Å²) in [7, 11) is 0. The number of aliphatic imine (C=N–C) groups is 1. The molecule has 1 saturated heterocycles.